The van der Waals surface area contributed by atoms with Crippen LogP contribution in [0.4, 0.5) is 5.82 Å². The van der Waals surface area contributed by atoms with E-state index in [0.29, 0.717) is 18.7 Å². The Morgan fingerprint density at radius 2 is 2.27 bits per heavy atom. The number of carbonyl (C=O) groups excluding carboxylic acids is 1. The van der Waals surface area contributed by atoms with Crippen LogP contribution in [0.3, 0.4) is 0 Å². The molecule has 0 radical (unpaired) electrons. The zero-order chi connectivity index (χ0) is 18.1. The monoisotopic (exact) mass is 356 g/mol. The van der Waals surface area contributed by atoms with Crippen molar-refractivity contribution < 1.29 is 9.90 Å². The van der Waals surface area contributed by atoms with Crippen molar-refractivity contribution in [3.05, 3.63) is 35.0 Å². The van der Waals surface area contributed by atoms with E-state index in [2.05, 4.69) is 30.4 Å². The number of nitrogens with zero attached hydrogens (tertiary/aromatic N) is 4. The SMILES string of the molecule is Cc1cc(N2CCCC(O)(CNC(=O)c3n[nH]c4c3CCC4)C2)ncn1. The fourth-order valence-electron chi connectivity index (χ4n) is 3.90. The maximum absolute atomic E-state index is 12.5. The third-order valence-corrected chi connectivity index (χ3v) is 5.27. The van der Waals surface area contributed by atoms with Crippen LogP contribution in [0.2, 0.25) is 0 Å². The van der Waals surface area contributed by atoms with E-state index < -0.39 is 5.60 Å². The van der Waals surface area contributed by atoms with Gasteiger partial charge in [0.2, 0.25) is 0 Å². The lowest BCUT2D eigenvalue weighted by atomic mass is 9.92. The van der Waals surface area contributed by atoms with E-state index >= 15 is 0 Å². The molecule has 1 saturated heterocycles. The van der Waals surface area contributed by atoms with Gasteiger partial charge in [0.05, 0.1) is 5.60 Å². The fraction of sp³-hybridized carbons (Fsp3) is 0.556. The van der Waals surface area contributed by atoms with E-state index in [1.54, 1.807) is 0 Å². The molecule has 1 fully saturated rings. The van der Waals surface area contributed by atoms with Gasteiger partial charge in [-0.05, 0) is 39.0 Å². The Morgan fingerprint density at radius 1 is 1.38 bits per heavy atom. The predicted octanol–water partition coefficient (Wildman–Crippen LogP) is 0.758. The molecule has 0 spiro atoms. The minimum atomic E-state index is -0.980. The quantitative estimate of drug-likeness (QED) is 0.747. The number of anilines is 1. The fourth-order valence-corrected chi connectivity index (χ4v) is 3.90. The molecular weight excluding hydrogens is 332 g/mol. The summed E-state index contributed by atoms with van der Waals surface area (Å²) in [7, 11) is 0. The van der Waals surface area contributed by atoms with Crippen LogP contribution in [-0.4, -0.2) is 56.4 Å². The summed E-state index contributed by atoms with van der Waals surface area (Å²) < 4.78 is 0. The Hall–Kier alpha value is -2.48. The van der Waals surface area contributed by atoms with Crippen LogP contribution >= 0.6 is 0 Å². The van der Waals surface area contributed by atoms with Gasteiger partial charge < -0.3 is 15.3 Å². The van der Waals surface area contributed by atoms with Gasteiger partial charge in [0.15, 0.2) is 5.69 Å². The number of nitrogens with one attached hydrogen (secondary N) is 2. The number of carbonyl (C=O) groups is 1. The molecule has 1 unspecified atom stereocenters. The molecule has 3 heterocycles. The molecular formula is C18H24N6O2. The Labute approximate surface area is 152 Å². The van der Waals surface area contributed by atoms with Gasteiger partial charge in [-0.25, -0.2) is 9.97 Å². The molecule has 0 bridgehead atoms. The number of rotatable bonds is 4. The van der Waals surface area contributed by atoms with Crippen molar-refractivity contribution in [2.75, 3.05) is 24.5 Å². The second kappa shape index (κ2) is 6.68. The van der Waals surface area contributed by atoms with Crippen LogP contribution in [0, 0.1) is 6.92 Å². The molecule has 8 heteroatoms. The molecule has 1 aliphatic carbocycles. The van der Waals surface area contributed by atoms with Gasteiger partial charge in [-0.3, -0.25) is 9.89 Å². The number of aryl methyl sites for hydroxylation is 2. The van der Waals surface area contributed by atoms with Crippen LogP contribution in [0.15, 0.2) is 12.4 Å². The molecule has 0 saturated carbocycles. The number of aromatic nitrogens is 4. The molecule has 1 aliphatic heterocycles. The first-order valence-corrected chi connectivity index (χ1v) is 9.14. The molecule has 1 amide bonds. The molecule has 0 aromatic carbocycles. The average molecular weight is 356 g/mol. The first-order valence-electron chi connectivity index (χ1n) is 9.14. The van der Waals surface area contributed by atoms with Crippen molar-refractivity contribution in [2.45, 2.75) is 44.6 Å². The number of fused-ring (bicyclic) bond motifs is 1. The molecule has 3 N–H and O–H groups in total. The second-order valence-electron chi connectivity index (χ2n) is 7.33. The molecule has 2 aliphatic rings. The predicted molar refractivity (Wildman–Crippen MR) is 96.1 cm³/mol. The first kappa shape index (κ1) is 17.0. The minimum absolute atomic E-state index is 0.202. The molecule has 4 rings (SSSR count). The lowest BCUT2D eigenvalue weighted by Crippen LogP contribution is -2.54. The molecule has 1 atom stereocenters. The number of aromatic amines is 1. The first-order chi connectivity index (χ1) is 12.5. The zero-order valence-corrected chi connectivity index (χ0v) is 15.0. The minimum Gasteiger partial charge on any atom is -0.386 e. The zero-order valence-electron chi connectivity index (χ0n) is 15.0. The van der Waals surface area contributed by atoms with Gasteiger partial charge in [0, 0.05) is 42.7 Å². The number of piperidine rings is 1. The highest BCUT2D eigenvalue weighted by Crippen LogP contribution is 2.25. The molecule has 2 aromatic rings. The number of hydrogen-bond acceptors (Lipinski definition) is 6. The summed E-state index contributed by atoms with van der Waals surface area (Å²) in [6.07, 6.45) is 5.92. The van der Waals surface area contributed by atoms with Crippen LogP contribution < -0.4 is 10.2 Å². The molecule has 8 nitrogen and oxygen atoms in total. The van der Waals surface area contributed by atoms with Crippen molar-refractivity contribution in [1.29, 1.82) is 0 Å². The molecule has 138 valence electrons. The van der Waals surface area contributed by atoms with Crippen LogP contribution in [0.5, 0.6) is 0 Å². The van der Waals surface area contributed by atoms with Gasteiger partial charge in [0.25, 0.3) is 5.91 Å². The Morgan fingerprint density at radius 3 is 3.12 bits per heavy atom. The van der Waals surface area contributed by atoms with Gasteiger partial charge in [-0.2, -0.15) is 5.10 Å². The third-order valence-electron chi connectivity index (χ3n) is 5.27. The van der Waals surface area contributed by atoms with Gasteiger partial charge >= 0.3 is 0 Å². The summed E-state index contributed by atoms with van der Waals surface area (Å²) in [5.41, 5.74) is 2.48. The van der Waals surface area contributed by atoms with Crippen LogP contribution in [-0.2, 0) is 12.8 Å². The molecule has 2 aromatic heterocycles. The number of H-pyrrole nitrogens is 1. The van der Waals surface area contributed by atoms with Crippen molar-refractivity contribution in [3.63, 3.8) is 0 Å². The van der Waals surface area contributed by atoms with Crippen LogP contribution in [0.25, 0.3) is 0 Å². The number of hydrogen-bond donors (Lipinski definition) is 3. The van der Waals surface area contributed by atoms with E-state index in [1.165, 1.54) is 6.33 Å². The van der Waals surface area contributed by atoms with E-state index in [4.69, 9.17) is 0 Å². The Bertz CT molecular complexity index is 820. The largest absolute Gasteiger partial charge is 0.386 e. The summed E-state index contributed by atoms with van der Waals surface area (Å²) in [6, 6.07) is 1.91. The summed E-state index contributed by atoms with van der Waals surface area (Å²) in [5.74, 6) is 0.597. The Balaban J connectivity index is 1.41. The lowest BCUT2D eigenvalue weighted by Gasteiger charge is -2.39. The van der Waals surface area contributed by atoms with Crippen molar-refractivity contribution >= 4 is 11.7 Å². The topological polar surface area (TPSA) is 107 Å². The summed E-state index contributed by atoms with van der Waals surface area (Å²) in [4.78, 5) is 23.0. The smallest absolute Gasteiger partial charge is 0.272 e. The summed E-state index contributed by atoms with van der Waals surface area (Å²) in [6.45, 7) is 3.39. The van der Waals surface area contributed by atoms with E-state index in [0.717, 1.165) is 55.0 Å². The van der Waals surface area contributed by atoms with Crippen molar-refractivity contribution in [2.24, 2.45) is 0 Å². The van der Waals surface area contributed by atoms with Gasteiger partial charge in [0.1, 0.15) is 12.1 Å². The lowest BCUT2D eigenvalue weighted by molar-refractivity contribution is 0.0253. The summed E-state index contributed by atoms with van der Waals surface area (Å²) in [5, 5.41) is 21.0. The highest BCUT2D eigenvalue weighted by atomic mass is 16.3. The van der Waals surface area contributed by atoms with Crippen molar-refractivity contribution in [1.82, 2.24) is 25.5 Å². The van der Waals surface area contributed by atoms with Crippen LogP contribution in [0.1, 0.15) is 46.7 Å². The highest BCUT2D eigenvalue weighted by Gasteiger charge is 2.35. The van der Waals surface area contributed by atoms with E-state index in [1.807, 2.05) is 13.0 Å². The highest BCUT2D eigenvalue weighted by molar-refractivity contribution is 5.94. The van der Waals surface area contributed by atoms with Gasteiger partial charge in [-0.15, -0.1) is 0 Å². The third kappa shape index (κ3) is 3.29. The maximum atomic E-state index is 12.5. The standard InChI is InChI=1S/C18H24N6O2/c1-12-8-15(21-11-20-12)24-7-3-6-18(26,10-24)9-19-17(25)16-13-4-2-5-14(13)22-23-16/h8,11,26H,2-7,9-10H2,1H3,(H,19,25)(H,22,23). The Kier molecular flexibility index (Phi) is 4.36. The maximum Gasteiger partial charge on any atom is 0.272 e. The number of aliphatic hydroxyl groups is 1. The number of β-amino-alcohol motifs (C(OH)–C–C–N with tert-alkyl or cyclic N) is 1. The normalized spacial score (nSPS) is 22.3. The van der Waals surface area contributed by atoms with Crippen molar-refractivity contribution in [3.8, 4) is 0 Å². The second-order valence-corrected chi connectivity index (χ2v) is 7.33. The molecule has 26 heavy (non-hydrogen) atoms. The average Bonchev–Trinajstić information content (AvgIpc) is 3.23. The summed E-state index contributed by atoms with van der Waals surface area (Å²) >= 11 is 0. The van der Waals surface area contributed by atoms with E-state index in [-0.39, 0.29) is 12.5 Å². The van der Waals surface area contributed by atoms with E-state index in [9.17, 15) is 9.90 Å². The number of amides is 1. The van der Waals surface area contributed by atoms with Gasteiger partial charge in [-0.1, -0.05) is 0 Å².